The van der Waals surface area contributed by atoms with Gasteiger partial charge in [-0.3, -0.25) is 5.84 Å². The predicted molar refractivity (Wildman–Crippen MR) is 87.6 cm³/mol. The van der Waals surface area contributed by atoms with Crippen LogP contribution in [0.3, 0.4) is 0 Å². The van der Waals surface area contributed by atoms with E-state index in [0.717, 1.165) is 24.7 Å². The van der Waals surface area contributed by atoms with Crippen LogP contribution in [0.15, 0.2) is 12.4 Å². The van der Waals surface area contributed by atoms with E-state index < -0.39 is 0 Å². The highest BCUT2D eigenvalue weighted by molar-refractivity contribution is 5.02. The molecule has 120 valence electrons. The van der Waals surface area contributed by atoms with Gasteiger partial charge >= 0.3 is 0 Å². The molecule has 21 heavy (non-hydrogen) atoms. The molecule has 0 spiro atoms. The predicted octanol–water partition coefficient (Wildman–Crippen LogP) is 3.79. The molecule has 0 amide bonds. The summed E-state index contributed by atoms with van der Waals surface area (Å²) in [5.41, 5.74) is 3.05. The standard InChI is InChI=1S/C17H32N4/c1-3-5-6-14-7-9-15(10-8-14)16(20-18)17-19-11-13-21(17)12-4-2/h11,13-16,20H,3-10,12,18H2,1-2H3. The molecule has 1 aliphatic carbocycles. The first kappa shape index (κ1) is 16.5. The van der Waals surface area contributed by atoms with E-state index in [0.29, 0.717) is 5.92 Å². The lowest BCUT2D eigenvalue weighted by Gasteiger charge is -2.33. The topological polar surface area (TPSA) is 55.9 Å². The number of nitrogens with zero attached hydrogens (tertiary/aromatic N) is 2. The average molecular weight is 292 g/mol. The molecule has 1 saturated carbocycles. The van der Waals surface area contributed by atoms with Crippen LogP contribution in [0.5, 0.6) is 0 Å². The summed E-state index contributed by atoms with van der Waals surface area (Å²) in [6, 6.07) is 0.207. The number of nitrogens with one attached hydrogen (secondary N) is 1. The number of unbranched alkanes of at least 4 members (excludes halogenated alkanes) is 1. The minimum atomic E-state index is 0.207. The lowest BCUT2D eigenvalue weighted by Crippen LogP contribution is -2.37. The molecule has 1 fully saturated rings. The molecule has 1 aliphatic rings. The number of aryl methyl sites for hydroxylation is 1. The van der Waals surface area contributed by atoms with Crippen molar-refractivity contribution in [3.05, 3.63) is 18.2 Å². The fraction of sp³-hybridized carbons (Fsp3) is 0.824. The number of imidazole rings is 1. The Kier molecular flexibility index (Phi) is 6.71. The van der Waals surface area contributed by atoms with Crippen molar-refractivity contribution in [1.29, 1.82) is 0 Å². The van der Waals surface area contributed by atoms with Gasteiger partial charge in [-0.1, -0.05) is 46.0 Å². The number of nitrogens with two attached hydrogens (primary N) is 1. The molecule has 4 nitrogen and oxygen atoms in total. The Labute approximate surface area is 129 Å². The third-order valence-corrected chi connectivity index (χ3v) is 5.00. The minimum absolute atomic E-state index is 0.207. The molecule has 4 heteroatoms. The van der Waals surface area contributed by atoms with Crippen molar-refractivity contribution in [2.75, 3.05) is 0 Å². The number of rotatable bonds is 8. The zero-order chi connectivity index (χ0) is 15.1. The average Bonchev–Trinajstić information content (AvgIpc) is 2.96. The third kappa shape index (κ3) is 4.30. The molecular formula is C17H32N4. The van der Waals surface area contributed by atoms with Crippen molar-refractivity contribution in [1.82, 2.24) is 15.0 Å². The first-order chi connectivity index (χ1) is 10.3. The van der Waals surface area contributed by atoms with Crippen LogP contribution in [0.25, 0.3) is 0 Å². The largest absolute Gasteiger partial charge is 0.334 e. The van der Waals surface area contributed by atoms with Crippen LogP contribution in [0.2, 0.25) is 0 Å². The molecular weight excluding hydrogens is 260 g/mol. The Hall–Kier alpha value is -0.870. The molecule has 1 aromatic heterocycles. The SMILES string of the molecule is CCCCC1CCC(C(NN)c2nccn2CCC)CC1. The van der Waals surface area contributed by atoms with E-state index in [-0.39, 0.29) is 6.04 Å². The van der Waals surface area contributed by atoms with Crippen LogP contribution in [0.1, 0.15) is 77.1 Å². The molecule has 1 heterocycles. The highest BCUT2D eigenvalue weighted by Gasteiger charge is 2.30. The maximum Gasteiger partial charge on any atom is 0.127 e. The molecule has 1 aromatic rings. The van der Waals surface area contributed by atoms with Gasteiger partial charge in [-0.2, -0.15) is 0 Å². The van der Waals surface area contributed by atoms with Crippen molar-refractivity contribution in [3.8, 4) is 0 Å². The second kappa shape index (κ2) is 8.54. The van der Waals surface area contributed by atoms with Gasteiger partial charge in [0.2, 0.25) is 0 Å². The van der Waals surface area contributed by atoms with Gasteiger partial charge in [0.25, 0.3) is 0 Å². The first-order valence-electron chi connectivity index (χ1n) is 8.77. The van der Waals surface area contributed by atoms with Gasteiger partial charge < -0.3 is 4.57 Å². The maximum absolute atomic E-state index is 5.87. The van der Waals surface area contributed by atoms with Gasteiger partial charge in [0.15, 0.2) is 0 Å². The molecule has 0 aliphatic heterocycles. The monoisotopic (exact) mass is 292 g/mol. The molecule has 0 bridgehead atoms. The van der Waals surface area contributed by atoms with Crippen LogP contribution in [0.4, 0.5) is 0 Å². The van der Waals surface area contributed by atoms with E-state index in [9.17, 15) is 0 Å². The zero-order valence-corrected chi connectivity index (χ0v) is 13.7. The van der Waals surface area contributed by atoms with Crippen molar-refractivity contribution >= 4 is 0 Å². The fourth-order valence-electron chi connectivity index (χ4n) is 3.75. The minimum Gasteiger partial charge on any atom is -0.334 e. The molecule has 2 rings (SSSR count). The van der Waals surface area contributed by atoms with Gasteiger partial charge in [0.1, 0.15) is 5.82 Å². The molecule has 3 N–H and O–H groups in total. The van der Waals surface area contributed by atoms with Crippen LogP contribution in [-0.4, -0.2) is 9.55 Å². The van der Waals surface area contributed by atoms with Gasteiger partial charge in [-0.05, 0) is 31.1 Å². The van der Waals surface area contributed by atoms with E-state index in [1.165, 1.54) is 44.9 Å². The van der Waals surface area contributed by atoms with Crippen molar-refractivity contribution in [2.45, 2.75) is 77.8 Å². The van der Waals surface area contributed by atoms with Crippen LogP contribution < -0.4 is 11.3 Å². The molecule has 1 unspecified atom stereocenters. The normalized spacial score (nSPS) is 24.1. The van der Waals surface area contributed by atoms with Gasteiger partial charge in [-0.25, -0.2) is 10.4 Å². The fourth-order valence-corrected chi connectivity index (χ4v) is 3.75. The number of hydrogen-bond donors (Lipinski definition) is 2. The van der Waals surface area contributed by atoms with E-state index in [1.54, 1.807) is 0 Å². The maximum atomic E-state index is 5.87. The van der Waals surface area contributed by atoms with Crippen LogP contribution in [0, 0.1) is 11.8 Å². The lowest BCUT2D eigenvalue weighted by molar-refractivity contribution is 0.206. The smallest absolute Gasteiger partial charge is 0.127 e. The molecule has 0 radical (unpaired) electrons. The van der Waals surface area contributed by atoms with E-state index >= 15 is 0 Å². The van der Waals surface area contributed by atoms with Crippen molar-refractivity contribution < 1.29 is 0 Å². The second-order valence-electron chi connectivity index (χ2n) is 6.55. The van der Waals surface area contributed by atoms with Crippen molar-refractivity contribution in [3.63, 3.8) is 0 Å². The molecule has 0 aromatic carbocycles. The lowest BCUT2D eigenvalue weighted by atomic mass is 9.76. The summed E-state index contributed by atoms with van der Waals surface area (Å²) in [4.78, 5) is 4.57. The summed E-state index contributed by atoms with van der Waals surface area (Å²) in [7, 11) is 0. The van der Waals surface area contributed by atoms with Gasteiger partial charge in [0.05, 0.1) is 6.04 Å². The summed E-state index contributed by atoms with van der Waals surface area (Å²) < 4.78 is 2.26. The molecule has 0 saturated heterocycles. The highest BCUT2D eigenvalue weighted by Crippen LogP contribution is 2.37. The van der Waals surface area contributed by atoms with E-state index in [4.69, 9.17) is 5.84 Å². The summed E-state index contributed by atoms with van der Waals surface area (Å²) >= 11 is 0. The van der Waals surface area contributed by atoms with Crippen LogP contribution in [-0.2, 0) is 6.54 Å². The highest BCUT2D eigenvalue weighted by atomic mass is 15.3. The zero-order valence-electron chi connectivity index (χ0n) is 13.7. The summed E-state index contributed by atoms with van der Waals surface area (Å²) in [5.74, 6) is 8.56. The Morgan fingerprint density at radius 2 is 2.05 bits per heavy atom. The number of aromatic nitrogens is 2. The van der Waals surface area contributed by atoms with Crippen LogP contribution >= 0.6 is 0 Å². The number of hydrogen-bond acceptors (Lipinski definition) is 3. The van der Waals surface area contributed by atoms with E-state index in [1.807, 2.05) is 6.20 Å². The quantitative estimate of drug-likeness (QED) is 0.566. The summed E-state index contributed by atoms with van der Waals surface area (Å²) in [5, 5.41) is 0. The summed E-state index contributed by atoms with van der Waals surface area (Å²) in [6.45, 7) is 5.51. The van der Waals surface area contributed by atoms with E-state index in [2.05, 4.69) is 35.0 Å². The Balaban J connectivity index is 1.94. The number of hydrazine groups is 1. The third-order valence-electron chi connectivity index (χ3n) is 5.00. The Morgan fingerprint density at radius 1 is 1.29 bits per heavy atom. The molecule has 1 atom stereocenters. The summed E-state index contributed by atoms with van der Waals surface area (Å²) in [6.07, 6.45) is 14.5. The second-order valence-corrected chi connectivity index (χ2v) is 6.55. The Bertz CT molecular complexity index is 393. The van der Waals surface area contributed by atoms with Gasteiger partial charge in [0, 0.05) is 18.9 Å². The Morgan fingerprint density at radius 3 is 2.67 bits per heavy atom. The first-order valence-corrected chi connectivity index (χ1v) is 8.77. The van der Waals surface area contributed by atoms with Gasteiger partial charge in [-0.15, -0.1) is 0 Å². The van der Waals surface area contributed by atoms with Crippen molar-refractivity contribution in [2.24, 2.45) is 17.7 Å².